The van der Waals surface area contributed by atoms with Gasteiger partial charge in [0.15, 0.2) is 11.5 Å². The van der Waals surface area contributed by atoms with E-state index in [1.54, 1.807) is 36.4 Å². The summed E-state index contributed by atoms with van der Waals surface area (Å²) in [7, 11) is 0. The van der Waals surface area contributed by atoms with E-state index in [0.29, 0.717) is 40.3 Å². The van der Waals surface area contributed by atoms with Crippen LogP contribution in [0.25, 0.3) is 0 Å². The molecule has 2 aromatic carbocycles. The van der Waals surface area contributed by atoms with Gasteiger partial charge in [0.1, 0.15) is 6.61 Å². The van der Waals surface area contributed by atoms with Gasteiger partial charge in [0.05, 0.1) is 22.9 Å². The zero-order valence-electron chi connectivity index (χ0n) is 14.2. The van der Waals surface area contributed by atoms with Gasteiger partial charge in [-0.05, 0) is 48.9 Å². The first-order chi connectivity index (χ1) is 12.5. The number of nitrogens with zero attached hydrogens (tertiary/aromatic N) is 1. The maximum atomic E-state index is 12.1. The Morgan fingerprint density at radius 1 is 1.15 bits per heavy atom. The minimum absolute atomic E-state index is 0.305. The lowest BCUT2D eigenvalue weighted by Gasteiger charge is -2.11. The largest absolute Gasteiger partial charge is 0.490 e. The number of halogens is 2. The quantitative estimate of drug-likeness (QED) is 0.401. The number of benzene rings is 2. The average Bonchev–Trinajstić information content (AvgIpc) is 2.63. The molecule has 1 N–H and O–H groups in total. The number of carbonyl (C=O) groups is 1. The SMILES string of the molecule is C=CCOc1ccc(C=NNC(=O)c2ccc(Cl)c(Cl)c2)cc1OCC. The summed E-state index contributed by atoms with van der Waals surface area (Å²) >= 11 is 11.7. The molecule has 0 aromatic heterocycles. The molecule has 0 aliphatic heterocycles. The van der Waals surface area contributed by atoms with Crippen molar-refractivity contribution in [2.24, 2.45) is 5.10 Å². The van der Waals surface area contributed by atoms with Crippen LogP contribution in [0.15, 0.2) is 54.2 Å². The molecule has 2 aromatic rings. The second-order valence-corrected chi connectivity index (χ2v) is 5.88. The molecule has 0 fully saturated rings. The molecule has 0 unspecified atom stereocenters. The lowest BCUT2D eigenvalue weighted by atomic mass is 10.2. The first-order valence-corrected chi connectivity index (χ1v) is 8.59. The fourth-order valence-corrected chi connectivity index (χ4v) is 2.31. The molecule has 0 radical (unpaired) electrons. The smallest absolute Gasteiger partial charge is 0.271 e. The molecule has 0 atom stereocenters. The number of hydrazone groups is 1. The topological polar surface area (TPSA) is 59.9 Å². The Kier molecular flexibility index (Phi) is 7.51. The van der Waals surface area contributed by atoms with E-state index in [1.165, 1.54) is 12.3 Å². The Bertz CT molecular complexity index is 822. The van der Waals surface area contributed by atoms with Crippen LogP contribution in [0.3, 0.4) is 0 Å². The highest BCUT2D eigenvalue weighted by atomic mass is 35.5. The summed E-state index contributed by atoms with van der Waals surface area (Å²) < 4.78 is 11.1. The number of ether oxygens (including phenoxy) is 2. The van der Waals surface area contributed by atoms with Crippen molar-refractivity contribution in [3.63, 3.8) is 0 Å². The Labute approximate surface area is 162 Å². The van der Waals surface area contributed by atoms with Crippen LogP contribution in [0.4, 0.5) is 0 Å². The second-order valence-electron chi connectivity index (χ2n) is 5.07. The minimum atomic E-state index is -0.393. The van der Waals surface area contributed by atoms with Gasteiger partial charge in [0.2, 0.25) is 0 Å². The fraction of sp³-hybridized carbons (Fsp3) is 0.158. The summed E-state index contributed by atoms with van der Waals surface area (Å²) in [6.07, 6.45) is 3.17. The van der Waals surface area contributed by atoms with Crippen molar-refractivity contribution < 1.29 is 14.3 Å². The van der Waals surface area contributed by atoms with Gasteiger partial charge in [0.25, 0.3) is 5.91 Å². The molecule has 0 saturated heterocycles. The lowest BCUT2D eigenvalue weighted by molar-refractivity contribution is 0.0955. The normalized spacial score (nSPS) is 10.6. The van der Waals surface area contributed by atoms with E-state index < -0.39 is 5.91 Å². The zero-order chi connectivity index (χ0) is 18.9. The van der Waals surface area contributed by atoms with E-state index in [1.807, 2.05) is 6.92 Å². The van der Waals surface area contributed by atoms with Gasteiger partial charge in [-0.2, -0.15) is 5.10 Å². The number of hydrogen-bond donors (Lipinski definition) is 1. The molecule has 0 aliphatic carbocycles. The number of amides is 1. The standard InChI is InChI=1S/C19H18Cl2N2O3/c1-3-9-26-17-8-5-13(10-18(17)25-4-2)12-22-23-19(24)14-6-7-15(20)16(21)11-14/h3,5-8,10-12H,1,4,9H2,2H3,(H,23,24). The molecule has 2 rings (SSSR count). The first kappa shape index (κ1) is 19.8. The summed E-state index contributed by atoms with van der Waals surface area (Å²) in [4.78, 5) is 12.1. The van der Waals surface area contributed by atoms with Gasteiger partial charge in [-0.3, -0.25) is 4.79 Å². The molecule has 0 saturated carbocycles. The third-order valence-electron chi connectivity index (χ3n) is 3.19. The van der Waals surface area contributed by atoms with Crippen LogP contribution in [0.1, 0.15) is 22.8 Å². The van der Waals surface area contributed by atoms with E-state index >= 15 is 0 Å². The molecule has 26 heavy (non-hydrogen) atoms. The maximum absolute atomic E-state index is 12.1. The number of rotatable bonds is 8. The first-order valence-electron chi connectivity index (χ1n) is 7.84. The van der Waals surface area contributed by atoms with Crippen LogP contribution in [0, 0.1) is 0 Å². The van der Waals surface area contributed by atoms with Crippen molar-refractivity contribution in [1.82, 2.24) is 5.43 Å². The highest BCUT2D eigenvalue weighted by Crippen LogP contribution is 2.28. The minimum Gasteiger partial charge on any atom is -0.490 e. The number of hydrogen-bond acceptors (Lipinski definition) is 4. The molecule has 1 amide bonds. The summed E-state index contributed by atoms with van der Waals surface area (Å²) in [5.74, 6) is 0.814. The van der Waals surface area contributed by atoms with Crippen LogP contribution in [-0.4, -0.2) is 25.3 Å². The van der Waals surface area contributed by atoms with E-state index in [0.717, 1.165) is 5.56 Å². The number of nitrogens with one attached hydrogen (secondary N) is 1. The second kappa shape index (κ2) is 9.85. The van der Waals surface area contributed by atoms with E-state index in [9.17, 15) is 4.79 Å². The highest BCUT2D eigenvalue weighted by molar-refractivity contribution is 6.42. The molecule has 7 heteroatoms. The lowest BCUT2D eigenvalue weighted by Crippen LogP contribution is -2.17. The summed E-state index contributed by atoms with van der Waals surface area (Å²) in [5, 5.41) is 4.64. The van der Waals surface area contributed by atoms with Crippen LogP contribution >= 0.6 is 23.2 Å². The molecule has 0 heterocycles. The van der Waals surface area contributed by atoms with Crippen molar-refractivity contribution in [2.75, 3.05) is 13.2 Å². The molecular weight excluding hydrogens is 375 g/mol. The predicted octanol–water partition coefficient (Wildman–Crippen LogP) is 4.72. The molecule has 0 bridgehead atoms. The third-order valence-corrected chi connectivity index (χ3v) is 3.92. The Hall–Kier alpha value is -2.50. The van der Waals surface area contributed by atoms with Crippen molar-refractivity contribution in [1.29, 1.82) is 0 Å². The monoisotopic (exact) mass is 392 g/mol. The summed E-state index contributed by atoms with van der Waals surface area (Å²) in [6.45, 7) is 6.38. The van der Waals surface area contributed by atoms with E-state index in [-0.39, 0.29) is 0 Å². The van der Waals surface area contributed by atoms with Crippen LogP contribution in [0.5, 0.6) is 11.5 Å². The average molecular weight is 393 g/mol. The van der Waals surface area contributed by atoms with Crippen LogP contribution < -0.4 is 14.9 Å². The highest BCUT2D eigenvalue weighted by Gasteiger charge is 2.08. The van der Waals surface area contributed by atoms with Gasteiger partial charge < -0.3 is 9.47 Å². The van der Waals surface area contributed by atoms with Gasteiger partial charge in [-0.15, -0.1) is 0 Å². The molecule has 136 valence electrons. The van der Waals surface area contributed by atoms with E-state index in [4.69, 9.17) is 32.7 Å². The number of carbonyl (C=O) groups excluding carboxylic acids is 1. The van der Waals surface area contributed by atoms with E-state index in [2.05, 4.69) is 17.1 Å². The molecule has 0 spiro atoms. The zero-order valence-corrected chi connectivity index (χ0v) is 15.7. The summed E-state index contributed by atoms with van der Waals surface area (Å²) in [6, 6.07) is 9.95. The molecule has 5 nitrogen and oxygen atoms in total. The van der Waals surface area contributed by atoms with Gasteiger partial charge in [-0.1, -0.05) is 35.9 Å². The Balaban J connectivity index is 2.06. The summed E-state index contributed by atoms with van der Waals surface area (Å²) in [5.41, 5.74) is 3.54. The van der Waals surface area contributed by atoms with Crippen LogP contribution in [0.2, 0.25) is 10.0 Å². The van der Waals surface area contributed by atoms with Gasteiger partial charge in [-0.25, -0.2) is 5.43 Å². The fourth-order valence-electron chi connectivity index (χ4n) is 2.01. The molecule has 0 aliphatic rings. The van der Waals surface area contributed by atoms with Gasteiger partial charge in [0, 0.05) is 5.56 Å². The van der Waals surface area contributed by atoms with Gasteiger partial charge >= 0.3 is 0 Å². The Morgan fingerprint density at radius 2 is 1.96 bits per heavy atom. The predicted molar refractivity (Wildman–Crippen MR) is 105 cm³/mol. The van der Waals surface area contributed by atoms with Crippen LogP contribution in [-0.2, 0) is 0 Å². The van der Waals surface area contributed by atoms with Crippen molar-refractivity contribution >= 4 is 35.3 Å². The molecular formula is C19H18Cl2N2O3. The van der Waals surface area contributed by atoms with Crippen molar-refractivity contribution in [2.45, 2.75) is 6.92 Å². The van der Waals surface area contributed by atoms with Crippen molar-refractivity contribution in [3.05, 3.63) is 70.2 Å². The third kappa shape index (κ3) is 5.51. The van der Waals surface area contributed by atoms with Crippen molar-refractivity contribution in [3.8, 4) is 11.5 Å². The maximum Gasteiger partial charge on any atom is 0.271 e. The Morgan fingerprint density at radius 3 is 2.65 bits per heavy atom.